The Morgan fingerprint density at radius 1 is 1.15 bits per heavy atom. The molecule has 0 spiro atoms. The van der Waals surface area contributed by atoms with Crippen LogP contribution in [-0.4, -0.2) is 23.1 Å². The van der Waals surface area contributed by atoms with E-state index >= 15 is 0 Å². The van der Waals surface area contributed by atoms with E-state index in [1.165, 1.54) is 47.7 Å². The highest BCUT2D eigenvalue weighted by Gasteiger charge is 2.22. The van der Waals surface area contributed by atoms with Gasteiger partial charge in [0.2, 0.25) is 0 Å². The summed E-state index contributed by atoms with van der Waals surface area (Å²) in [6.07, 6.45) is 12.6. The number of nitrogens with zero attached hydrogens (tertiary/aromatic N) is 2. The second kappa shape index (κ2) is 7.44. The Labute approximate surface area is 158 Å². The number of hydrogen-bond donors (Lipinski definition) is 0. The third kappa shape index (κ3) is 3.40. The molecule has 1 aromatic heterocycles. The summed E-state index contributed by atoms with van der Waals surface area (Å²) >= 11 is 0. The smallest absolute Gasteiger partial charge is 0.0489 e. The van der Waals surface area contributed by atoms with E-state index < -0.39 is 0 Å². The van der Waals surface area contributed by atoms with Gasteiger partial charge < -0.3 is 9.47 Å². The fourth-order valence-electron chi connectivity index (χ4n) is 4.73. The fraction of sp³-hybridized carbons (Fsp3) is 0.500. The third-order valence-corrected chi connectivity index (χ3v) is 6.04. The van der Waals surface area contributed by atoms with Crippen molar-refractivity contribution < 1.29 is 0 Å². The van der Waals surface area contributed by atoms with Gasteiger partial charge in [0, 0.05) is 42.7 Å². The second-order valence-electron chi connectivity index (χ2n) is 8.22. The molecule has 0 radical (unpaired) electrons. The molecular formula is C24H32N2. The van der Waals surface area contributed by atoms with Crippen molar-refractivity contribution in [3.05, 3.63) is 58.3 Å². The first-order valence-electron chi connectivity index (χ1n) is 10.3. The molecule has 0 N–H and O–H groups in total. The summed E-state index contributed by atoms with van der Waals surface area (Å²) < 4.78 is 2.62. The summed E-state index contributed by atoms with van der Waals surface area (Å²) in [5.41, 5.74) is 9.07. The van der Waals surface area contributed by atoms with Crippen LogP contribution in [0.15, 0.2) is 41.5 Å². The molecule has 2 aliphatic rings. The van der Waals surface area contributed by atoms with Gasteiger partial charge in [-0.1, -0.05) is 36.3 Å². The van der Waals surface area contributed by atoms with Crippen LogP contribution in [0.4, 0.5) is 0 Å². The van der Waals surface area contributed by atoms with E-state index in [1.54, 1.807) is 16.8 Å². The summed E-state index contributed by atoms with van der Waals surface area (Å²) in [7, 11) is 2.24. The molecule has 2 heterocycles. The van der Waals surface area contributed by atoms with E-state index in [2.05, 4.69) is 60.7 Å². The highest BCUT2D eigenvalue weighted by Crippen LogP contribution is 2.33. The lowest BCUT2D eigenvalue weighted by Crippen LogP contribution is -2.27. The van der Waals surface area contributed by atoms with E-state index in [0.29, 0.717) is 0 Å². The van der Waals surface area contributed by atoms with Gasteiger partial charge >= 0.3 is 0 Å². The predicted octanol–water partition coefficient (Wildman–Crippen LogP) is 5.77. The van der Waals surface area contributed by atoms with Gasteiger partial charge in [-0.05, 0) is 69.3 Å². The van der Waals surface area contributed by atoms with Crippen LogP contribution in [0, 0.1) is 6.92 Å². The van der Waals surface area contributed by atoms with Crippen LogP contribution in [0.5, 0.6) is 0 Å². The lowest BCUT2D eigenvalue weighted by atomic mass is 10.0. The number of hydrogen-bond acceptors (Lipinski definition) is 1. The Bertz CT molecular complexity index is 858. The van der Waals surface area contributed by atoms with Crippen molar-refractivity contribution in [3.63, 3.8) is 0 Å². The molecule has 4 rings (SSSR count). The van der Waals surface area contributed by atoms with Crippen LogP contribution in [0.1, 0.15) is 55.8 Å². The van der Waals surface area contributed by atoms with E-state index in [1.807, 2.05) is 0 Å². The van der Waals surface area contributed by atoms with Crippen LogP contribution in [-0.2, 0) is 19.5 Å². The number of benzene rings is 1. The van der Waals surface area contributed by atoms with Crippen LogP contribution in [0.25, 0.3) is 10.9 Å². The second-order valence-corrected chi connectivity index (χ2v) is 8.22. The minimum Gasteiger partial charge on any atom is -0.340 e. The molecule has 0 bridgehead atoms. The third-order valence-electron chi connectivity index (χ3n) is 6.04. The summed E-state index contributed by atoms with van der Waals surface area (Å²) in [5, 5.41) is 1.47. The summed E-state index contributed by atoms with van der Waals surface area (Å²) in [5.74, 6) is 0. The van der Waals surface area contributed by atoms with Crippen LogP contribution in [0.3, 0.4) is 0 Å². The first-order valence-corrected chi connectivity index (χ1v) is 10.3. The van der Waals surface area contributed by atoms with Gasteiger partial charge in [0.15, 0.2) is 0 Å². The summed E-state index contributed by atoms with van der Waals surface area (Å²) in [6.45, 7) is 7.74. The molecule has 138 valence electrons. The van der Waals surface area contributed by atoms with Crippen molar-refractivity contribution in [2.24, 2.45) is 0 Å². The lowest BCUT2D eigenvalue weighted by Gasteiger charge is -2.24. The summed E-state index contributed by atoms with van der Waals surface area (Å²) in [6, 6.07) is 7.00. The van der Waals surface area contributed by atoms with Gasteiger partial charge in [-0.25, -0.2) is 0 Å². The molecule has 2 nitrogen and oxygen atoms in total. The van der Waals surface area contributed by atoms with Gasteiger partial charge in [0.05, 0.1) is 0 Å². The predicted molar refractivity (Wildman–Crippen MR) is 112 cm³/mol. The van der Waals surface area contributed by atoms with E-state index in [4.69, 9.17) is 0 Å². The van der Waals surface area contributed by atoms with Crippen molar-refractivity contribution in [2.75, 3.05) is 13.6 Å². The molecule has 2 heteroatoms. The molecule has 1 saturated carbocycles. The average molecular weight is 349 g/mol. The first-order chi connectivity index (χ1) is 12.7. The fourth-order valence-corrected chi connectivity index (χ4v) is 4.73. The number of aryl methyl sites for hydroxylation is 1. The number of rotatable bonds is 4. The maximum atomic E-state index is 2.62. The van der Waals surface area contributed by atoms with Gasteiger partial charge in [0.1, 0.15) is 0 Å². The number of likely N-dealkylation sites (N-methyl/N-ethyl adjacent to an activating group) is 1. The minimum atomic E-state index is 1.02. The molecule has 1 aliphatic heterocycles. The zero-order valence-electron chi connectivity index (χ0n) is 16.6. The molecule has 1 fully saturated rings. The highest BCUT2D eigenvalue weighted by molar-refractivity contribution is 5.86. The van der Waals surface area contributed by atoms with Crippen molar-refractivity contribution >= 4 is 10.9 Å². The average Bonchev–Trinajstić information content (AvgIpc) is 3.22. The zero-order valence-corrected chi connectivity index (χ0v) is 16.6. The van der Waals surface area contributed by atoms with Crippen LogP contribution >= 0.6 is 0 Å². The maximum Gasteiger partial charge on any atom is 0.0489 e. The van der Waals surface area contributed by atoms with Gasteiger partial charge in [-0.2, -0.15) is 0 Å². The Balaban J connectivity index is 1.78. The van der Waals surface area contributed by atoms with Crippen LogP contribution in [0.2, 0.25) is 0 Å². The van der Waals surface area contributed by atoms with Crippen LogP contribution < -0.4 is 0 Å². The molecule has 0 saturated heterocycles. The quantitative estimate of drug-likeness (QED) is 0.680. The van der Waals surface area contributed by atoms with E-state index in [-0.39, 0.29) is 0 Å². The SMILES string of the molecule is CCC=C(C=C1CCCC1)Cn1c2c(c3cc(C)ccc31)CN(C)CC2. The number of allylic oxidation sites excluding steroid dienone is 4. The maximum absolute atomic E-state index is 2.62. The van der Waals surface area contributed by atoms with Crippen molar-refractivity contribution in [1.82, 2.24) is 9.47 Å². The van der Waals surface area contributed by atoms with Gasteiger partial charge in [0.25, 0.3) is 0 Å². The van der Waals surface area contributed by atoms with Crippen molar-refractivity contribution in [1.29, 1.82) is 0 Å². The molecular weight excluding hydrogens is 316 g/mol. The molecule has 0 unspecified atom stereocenters. The normalized spacial score (nSPS) is 18.6. The first kappa shape index (κ1) is 17.6. The van der Waals surface area contributed by atoms with Gasteiger partial charge in [-0.3, -0.25) is 0 Å². The largest absolute Gasteiger partial charge is 0.340 e. The van der Waals surface area contributed by atoms with E-state index in [9.17, 15) is 0 Å². The number of fused-ring (bicyclic) bond motifs is 3. The molecule has 1 aliphatic carbocycles. The van der Waals surface area contributed by atoms with Gasteiger partial charge in [-0.15, -0.1) is 0 Å². The standard InChI is InChI=1S/C24H32N2/c1-4-7-20(15-19-8-5-6-9-19)16-26-23-11-10-18(2)14-21(23)22-17-25(3)13-12-24(22)26/h7,10-11,14-15H,4-6,8-9,12-13,16-17H2,1-3H3. The molecule has 0 atom stereocenters. The summed E-state index contributed by atoms with van der Waals surface area (Å²) in [4.78, 5) is 2.46. The number of aromatic nitrogens is 1. The Morgan fingerprint density at radius 3 is 2.73 bits per heavy atom. The molecule has 0 amide bonds. The Kier molecular flexibility index (Phi) is 5.04. The zero-order chi connectivity index (χ0) is 18.1. The highest BCUT2D eigenvalue weighted by atomic mass is 15.1. The lowest BCUT2D eigenvalue weighted by molar-refractivity contribution is 0.310. The molecule has 26 heavy (non-hydrogen) atoms. The monoisotopic (exact) mass is 348 g/mol. The minimum absolute atomic E-state index is 1.02. The Morgan fingerprint density at radius 2 is 1.96 bits per heavy atom. The van der Waals surface area contributed by atoms with Crippen molar-refractivity contribution in [3.8, 4) is 0 Å². The topological polar surface area (TPSA) is 8.17 Å². The van der Waals surface area contributed by atoms with Crippen molar-refractivity contribution in [2.45, 2.75) is 65.5 Å². The Hall–Kier alpha value is -1.80. The molecule has 2 aromatic rings. The molecule has 1 aromatic carbocycles. The van der Waals surface area contributed by atoms with E-state index in [0.717, 1.165) is 32.5 Å².